The molecular formula is C23H40O7. The van der Waals surface area contributed by atoms with Crippen LogP contribution in [0.4, 0.5) is 0 Å². The highest BCUT2D eigenvalue weighted by Gasteiger charge is 2.09. The van der Waals surface area contributed by atoms with Gasteiger partial charge in [-0.1, -0.05) is 18.2 Å². The van der Waals surface area contributed by atoms with Crippen LogP contribution in [0.2, 0.25) is 0 Å². The van der Waals surface area contributed by atoms with Gasteiger partial charge in [-0.3, -0.25) is 0 Å². The molecule has 0 spiro atoms. The lowest BCUT2D eigenvalue weighted by molar-refractivity contribution is 0.0333. The van der Waals surface area contributed by atoms with Crippen LogP contribution in [-0.4, -0.2) is 82.9 Å². The summed E-state index contributed by atoms with van der Waals surface area (Å²) in [5.41, 5.74) is 0. The zero-order chi connectivity index (χ0) is 21.5. The van der Waals surface area contributed by atoms with Gasteiger partial charge < -0.3 is 33.9 Å². The minimum absolute atomic E-state index is 0.0635. The summed E-state index contributed by atoms with van der Waals surface area (Å²) in [6.45, 7) is 5.23. The molecule has 7 nitrogen and oxygen atoms in total. The number of rotatable bonds is 22. The van der Waals surface area contributed by atoms with E-state index >= 15 is 0 Å². The first-order valence-corrected chi connectivity index (χ1v) is 11.1. The molecule has 0 aromatic heterocycles. The lowest BCUT2D eigenvalue weighted by Gasteiger charge is -2.17. The number of ether oxygens (including phenoxy) is 5. The number of hydrogen-bond donors (Lipinski definition) is 2. The second-order valence-corrected chi connectivity index (χ2v) is 7.00. The van der Waals surface area contributed by atoms with E-state index in [4.69, 9.17) is 33.9 Å². The summed E-state index contributed by atoms with van der Waals surface area (Å²) < 4.78 is 27.5. The summed E-state index contributed by atoms with van der Waals surface area (Å²) >= 11 is 0. The maximum Gasteiger partial charge on any atom is 0.119 e. The van der Waals surface area contributed by atoms with Gasteiger partial charge >= 0.3 is 0 Å². The highest BCUT2D eigenvalue weighted by Crippen LogP contribution is 2.18. The van der Waals surface area contributed by atoms with Gasteiger partial charge in [0.1, 0.15) is 12.4 Å². The third-order valence-corrected chi connectivity index (χ3v) is 4.56. The fourth-order valence-electron chi connectivity index (χ4n) is 3.02. The van der Waals surface area contributed by atoms with Gasteiger partial charge in [-0.2, -0.15) is 0 Å². The Bertz CT molecular complexity index is 458. The molecule has 0 saturated carbocycles. The van der Waals surface area contributed by atoms with Crippen LogP contribution >= 0.6 is 0 Å². The van der Waals surface area contributed by atoms with E-state index in [1.54, 1.807) is 0 Å². The highest BCUT2D eigenvalue weighted by molar-refractivity contribution is 5.20. The Morgan fingerprint density at radius 3 is 1.73 bits per heavy atom. The Morgan fingerprint density at radius 1 is 0.567 bits per heavy atom. The summed E-state index contributed by atoms with van der Waals surface area (Å²) in [5, 5.41) is 17.5. The van der Waals surface area contributed by atoms with E-state index in [1.165, 1.54) is 0 Å². The number of para-hydroxylation sites is 1. The average molecular weight is 429 g/mol. The molecule has 0 bridgehead atoms. The summed E-state index contributed by atoms with van der Waals surface area (Å²) in [4.78, 5) is 0. The molecule has 1 aromatic carbocycles. The van der Waals surface area contributed by atoms with Gasteiger partial charge in [-0.25, -0.2) is 0 Å². The first-order chi connectivity index (χ1) is 14.9. The molecule has 174 valence electrons. The van der Waals surface area contributed by atoms with Crippen molar-refractivity contribution in [2.24, 2.45) is 5.92 Å². The standard InChI is InChI=1S/C23H40O7/c24-11-16-26-13-4-6-22(10-15-28-17-12-25)7-5-14-27-18-19-29-20-21-30-23-8-2-1-3-9-23/h1-3,8-9,22,24-25H,4-7,10-21H2. The van der Waals surface area contributed by atoms with E-state index in [2.05, 4.69) is 0 Å². The second-order valence-electron chi connectivity index (χ2n) is 7.00. The van der Waals surface area contributed by atoms with Gasteiger partial charge in [0.2, 0.25) is 0 Å². The SMILES string of the molecule is OCCOCCCC(CCCOCCOCCOc1ccccc1)CCOCCO. The number of benzene rings is 1. The first-order valence-electron chi connectivity index (χ1n) is 11.1. The molecule has 1 rings (SSSR count). The molecule has 1 atom stereocenters. The molecule has 0 fully saturated rings. The van der Waals surface area contributed by atoms with Crippen molar-refractivity contribution in [3.8, 4) is 5.75 Å². The van der Waals surface area contributed by atoms with E-state index < -0.39 is 0 Å². The van der Waals surface area contributed by atoms with Crippen LogP contribution in [0.3, 0.4) is 0 Å². The maximum absolute atomic E-state index is 8.80. The van der Waals surface area contributed by atoms with Gasteiger partial charge in [0.05, 0.1) is 46.2 Å². The Balaban J connectivity index is 1.98. The Morgan fingerprint density at radius 2 is 1.10 bits per heavy atom. The Hall–Kier alpha value is -1.22. The molecule has 0 radical (unpaired) electrons. The molecule has 2 N–H and O–H groups in total. The fourth-order valence-corrected chi connectivity index (χ4v) is 3.02. The largest absolute Gasteiger partial charge is 0.491 e. The minimum Gasteiger partial charge on any atom is -0.491 e. The summed E-state index contributed by atoms with van der Waals surface area (Å²) in [6, 6.07) is 9.71. The van der Waals surface area contributed by atoms with Crippen molar-refractivity contribution in [3.63, 3.8) is 0 Å². The van der Waals surface area contributed by atoms with Crippen molar-refractivity contribution in [1.29, 1.82) is 0 Å². The Kier molecular flexibility index (Phi) is 18.8. The molecule has 1 unspecified atom stereocenters. The zero-order valence-electron chi connectivity index (χ0n) is 18.2. The van der Waals surface area contributed by atoms with E-state index in [-0.39, 0.29) is 13.2 Å². The predicted octanol–water partition coefficient (Wildman–Crippen LogP) is 2.68. The first kappa shape index (κ1) is 26.8. The summed E-state index contributed by atoms with van der Waals surface area (Å²) in [5.74, 6) is 1.41. The lowest BCUT2D eigenvalue weighted by Crippen LogP contribution is -2.12. The van der Waals surface area contributed by atoms with Crippen molar-refractivity contribution in [2.75, 3.05) is 72.7 Å². The van der Waals surface area contributed by atoms with Crippen molar-refractivity contribution in [2.45, 2.75) is 32.1 Å². The zero-order valence-corrected chi connectivity index (χ0v) is 18.2. The topological polar surface area (TPSA) is 86.6 Å². The van der Waals surface area contributed by atoms with Crippen LogP contribution in [0.1, 0.15) is 32.1 Å². The molecular weight excluding hydrogens is 388 g/mol. The van der Waals surface area contributed by atoms with Gasteiger partial charge in [0.15, 0.2) is 0 Å². The molecule has 0 amide bonds. The molecule has 0 saturated heterocycles. The third-order valence-electron chi connectivity index (χ3n) is 4.56. The smallest absolute Gasteiger partial charge is 0.119 e. The maximum atomic E-state index is 8.80. The molecule has 0 heterocycles. The normalized spacial score (nSPS) is 12.2. The number of aliphatic hydroxyl groups is 2. The van der Waals surface area contributed by atoms with Crippen LogP contribution in [-0.2, 0) is 18.9 Å². The summed E-state index contributed by atoms with van der Waals surface area (Å²) in [7, 11) is 0. The van der Waals surface area contributed by atoms with E-state index in [0.29, 0.717) is 58.8 Å². The van der Waals surface area contributed by atoms with Crippen LogP contribution in [0.5, 0.6) is 5.75 Å². The van der Waals surface area contributed by atoms with Crippen molar-refractivity contribution in [1.82, 2.24) is 0 Å². The Labute approximate surface area is 181 Å². The molecule has 30 heavy (non-hydrogen) atoms. The van der Waals surface area contributed by atoms with Gasteiger partial charge in [-0.05, 0) is 50.2 Å². The highest BCUT2D eigenvalue weighted by atomic mass is 16.5. The quantitative estimate of drug-likeness (QED) is 0.275. The second kappa shape index (κ2) is 21.0. The van der Waals surface area contributed by atoms with E-state index in [0.717, 1.165) is 44.5 Å². The number of hydrogen-bond acceptors (Lipinski definition) is 7. The van der Waals surface area contributed by atoms with E-state index in [9.17, 15) is 0 Å². The molecule has 7 heteroatoms. The molecule has 0 aliphatic heterocycles. The average Bonchev–Trinajstić information content (AvgIpc) is 2.78. The van der Waals surface area contributed by atoms with Gasteiger partial charge in [0, 0.05) is 19.8 Å². The molecule has 1 aromatic rings. The fraction of sp³-hybridized carbons (Fsp3) is 0.739. The van der Waals surface area contributed by atoms with Crippen LogP contribution in [0, 0.1) is 5.92 Å². The van der Waals surface area contributed by atoms with Gasteiger partial charge in [-0.15, -0.1) is 0 Å². The third kappa shape index (κ3) is 16.6. The van der Waals surface area contributed by atoms with Crippen molar-refractivity contribution >= 4 is 0 Å². The van der Waals surface area contributed by atoms with Crippen LogP contribution < -0.4 is 4.74 Å². The lowest BCUT2D eigenvalue weighted by atomic mass is 9.95. The van der Waals surface area contributed by atoms with Crippen LogP contribution in [0.25, 0.3) is 0 Å². The monoisotopic (exact) mass is 428 g/mol. The van der Waals surface area contributed by atoms with Crippen molar-refractivity contribution < 1.29 is 33.9 Å². The molecule has 0 aliphatic rings. The minimum atomic E-state index is 0.0635. The predicted molar refractivity (Wildman–Crippen MR) is 116 cm³/mol. The van der Waals surface area contributed by atoms with Crippen LogP contribution in [0.15, 0.2) is 30.3 Å². The molecule has 0 aliphatic carbocycles. The number of aliphatic hydroxyl groups excluding tert-OH is 2. The van der Waals surface area contributed by atoms with Gasteiger partial charge in [0.25, 0.3) is 0 Å². The van der Waals surface area contributed by atoms with E-state index in [1.807, 2.05) is 30.3 Å². The summed E-state index contributed by atoms with van der Waals surface area (Å²) in [6.07, 6.45) is 5.10. The van der Waals surface area contributed by atoms with Crippen molar-refractivity contribution in [3.05, 3.63) is 30.3 Å².